The molecule has 27 heavy (non-hydrogen) atoms. The fourth-order valence-corrected chi connectivity index (χ4v) is 4.17. The summed E-state index contributed by atoms with van der Waals surface area (Å²) in [5.41, 5.74) is 8.00. The van der Waals surface area contributed by atoms with E-state index in [1.165, 1.54) is 12.8 Å². The first-order valence-corrected chi connectivity index (χ1v) is 9.89. The van der Waals surface area contributed by atoms with Crippen LogP contribution in [0.15, 0.2) is 36.4 Å². The molecule has 3 fully saturated rings. The van der Waals surface area contributed by atoms with E-state index in [4.69, 9.17) is 5.73 Å². The Bertz CT molecular complexity index is 832. The molecule has 3 aliphatic rings. The van der Waals surface area contributed by atoms with Gasteiger partial charge in [-0.15, -0.1) is 10.2 Å². The van der Waals surface area contributed by atoms with Gasteiger partial charge in [-0.3, -0.25) is 9.69 Å². The van der Waals surface area contributed by atoms with Crippen LogP contribution in [0.25, 0.3) is 11.3 Å². The second-order valence-corrected chi connectivity index (χ2v) is 8.05. The Kier molecular flexibility index (Phi) is 3.90. The van der Waals surface area contributed by atoms with Crippen LogP contribution in [0, 0.1) is 0 Å². The monoisotopic (exact) mass is 363 g/mol. The largest absolute Gasteiger partial charge is 0.369 e. The molecule has 1 amide bonds. The number of hydrogen-bond acceptors (Lipinski definition) is 5. The first-order valence-electron chi connectivity index (χ1n) is 9.89. The molecule has 0 bridgehead atoms. The second kappa shape index (κ2) is 6.30. The van der Waals surface area contributed by atoms with E-state index < -0.39 is 5.41 Å². The molecular formula is C21H25N5O. The van der Waals surface area contributed by atoms with Gasteiger partial charge in [0, 0.05) is 37.8 Å². The van der Waals surface area contributed by atoms with Crippen molar-refractivity contribution in [3.05, 3.63) is 42.0 Å². The van der Waals surface area contributed by atoms with Gasteiger partial charge in [0.15, 0.2) is 5.82 Å². The summed E-state index contributed by atoms with van der Waals surface area (Å²) in [6, 6.07) is 13.0. The molecule has 6 nitrogen and oxygen atoms in total. The van der Waals surface area contributed by atoms with E-state index in [-0.39, 0.29) is 5.91 Å². The highest BCUT2D eigenvalue weighted by Gasteiger charge is 2.49. The highest BCUT2D eigenvalue weighted by atomic mass is 16.1. The van der Waals surface area contributed by atoms with E-state index >= 15 is 0 Å². The topological polar surface area (TPSA) is 75.4 Å². The number of carbonyl (C=O) groups excluding carboxylic acids is 1. The van der Waals surface area contributed by atoms with Crippen molar-refractivity contribution in [3.63, 3.8) is 0 Å². The molecule has 2 aliphatic carbocycles. The minimum atomic E-state index is -0.434. The smallest absolute Gasteiger partial charge is 0.228 e. The van der Waals surface area contributed by atoms with Crippen molar-refractivity contribution in [2.75, 3.05) is 31.1 Å². The van der Waals surface area contributed by atoms with Crippen molar-refractivity contribution < 1.29 is 4.79 Å². The first kappa shape index (κ1) is 16.7. The molecule has 0 unspecified atom stereocenters. The lowest BCUT2D eigenvalue weighted by molar-refractivity contribution is -0.120. The molecular weight excluding hydrogens is 338 g/mol. The standard InChI is InChI=1S/C21H25N5O/c22-20(27)21(9-10-21)16-3-1-15(2-4-16)18-7-8-19(24-23-18)26-13-11-25(12-14-26)17-5-6-17/h1-4,7-8,17H,5-6,9-14H2,(H2,22,27). The van der Waals surface area contributed by atoms with E-state index in [9.17, 15) is 4.79 Å². The third-order valence-corrected chi connectivity index (χ3v) is 6.31. The Labute approximate surface area is 159 Å². The van der Waals surface area contributed by atoms with Crippen LogP contribution in [-0.2, 0) is 10.2 Å². The molecule has 1 aliphatic heterocycles. The fraction of sp³-hybridized carbons (Fsp3) is 0.476. The molecule has 1 saturated heterocycles. The van der Waals surface area contributed by atoms with Crippen molar-refractivity contribution >= 4 is 11.7 Å². The Hall–Kier alpha value is -2.47. The molecule has 2 N–H and O–H groups in total. The minimum absolute atomic E-state index is 0.221. The maximum atomic E-state index is 11.7. The van der Waals surface area contributed by atoms with Crippen LogP contribution in [-0.4, -0.2) is 53.2 Å². The van der Waals surface area contributed by atoms with Crippen LogP contribution in [0.3, 0.4) is 0 Å². The summed E-state index contributed by atoms with van der Waals surface area (Å²) in [5, 5.41) is 8.90. The maximum Gasteiger partial charge on any atom is 0.228 e. The van der Waals surface area contributed by atoms with Crippen LogP contribution >= 0.6 is 0 Å². The van der Waals surface area contributed by atoms with Crippen LogP contribution in [0.2, 0.25) is 0 Å². The zero-order chi connectivity index (χ0) is 18.4. The summed E-state index contributed by atoms with van der Waals surface area (Å²) in [7, 11) is 0. The van der Waals surface area contributed by atoms with E-state index in [2.05, 4.69) is 26.1 Å². The lowest BCUT2D eigenvalue weighted by atomic mass is 9.94. The molecule has 0 atom stereocenters. The van der Waals surface area contributed by atoms with Crippen LogP contribution in [0.5, 0.6) is 0 Å². The molecule has 0 radical (unpaired) electrons. The SMILES string of the molecule is NC(=O)C1(c2ccc(-c3ccc(N4CCN(C5CC5)CC4)nn3)cc2)CC1. The van der Waals surface area contributed by atoms with E-state index in [0.717, 1.165) is 67.7 Å². The molecule has 2 aromatic rings. The summed E-state index contributed by atoms with van der Waals surface area (Å²) in [6.45, 7) is 4.29. The third kappa shape index (κ3) is 3.08. The zero-order valence-corrected chi connectivity index (χ0v) is 15.5. The number of primary amides is 1. The van der Waals surface area contributed by atoms with Crippen molar-refractivity contribution in [3.8, 4) is 11.3 Å². The summed E-state index contributed by atoms with van der Waals surface area (Å²) < 4.78 is 0. The molecule has 5 rings (SSSR count). The van der Waals surface area contributed by atoms with Crippen molar-refractivity contribution in [1.29, 1.82) is 0 Å². The van der Waals surface area contributed by atoms with Gasteiger partial charge in [0.25, 0.3) is 0 Å². The molecule has 2 heterocycles. The molecule has 0 spiro atoms. The highest BCUT2D eigenvalue weighted by Crippen LogP contribution is 2.48. The van der Waals surface area contributed by atoms with Crippen molar-refractivity contribution in [1.82, 2.24) is 15.1 Å². The van der Waals surface area contributed by atoms with Crippen molar-refractivity contribution in [2.45, 2.75) is 37.1 Å². The van der Waals surface area contributed by atoms with Gasteiger partial charge in [0.2, 0.25) is 5.91 Å². The Morgan fingerprint density at radius 1 is 0.963 bits per heavy atom. The lowest BCUT2D eigenvalue weighted by Crippen LogP contribution is -2.47. The Morgan fingerprint density at radius 2 is 1.67 bits per heavy atom. The van der Waals surface area contributed by atoms with E-state index in [1.54, 1.807) is 0 Å². The predicted molar refractivity (Wildman–Crippen MR) is 104 cm³/mol. The molecule has 2 saturated carbocycles. The van der Waals surface area contributed by atoms with Crippen LogP contribution in [0.1, 0.15) is 31.2 Å². The summed E-state index contributed by atoms with van der Waals surface area (Å²) >= 11 is 0. The number of anilines is 1. The number of benzene rings is 1. The van der Waals surface area contributed by atoms with Gasteiger partial charge in [-0.05, 0) is 43.4 Å². The maximum absolute atomic E-state index is 11.7. The number of nitrogens with two attached hydrogens (primary N) is 1. The van der Waals surface area contributed by atoms with Gasteiger partial charge in [-0.25, -0.2) is 0 Å². The van der Waals surface area contributed by atoms with Gasteiger partial charge in [0.1, 0.15) is 0 Å². The van der Waals surface area contributed by atoms with E-state index in [0.29, 0.717) is 0 Å². The first-order chi connectivity index (χ1) is 13.2. The van der Waals surface area contributed by atoms with Crippen LogP contribution < -0.4 is 10.6 Å². The van der Waals surface area contributed by atoms with Gasteiger partial charge in [-0.1, -0.05) is 24.3 Å². The predicted octanol–water partition coefficient (Wildman–Crippen LogP) is 1.94. The number of piperazine rings is 1. The molecule has 140 valence electrons. The second-order valence-electron chi connectivity index (χ2n) is 8.05. The number of carbonyl (C=O) groups is 1. The average molecular weight is 363 g/mol. The Morgan fingerprint density at radius 3 is 2.19 bits per heavy atom. The van der Waals surface area contributed by atoms with Gasteiger partial charge in [0.05, 0.1) is 11.1 Å². The number of aromatic nitrogens is 2. The fourth-order valence-electron chi connectivity index (χ4n) is 4.17. The van der Waals surface area contributed by atoms with Gasteiger partial charge in [-0.2, -0.15) is 0 Å². The van der Waals surface area contributed by atoms with Gasteiger partial charge >= 0.3 is 0 Å². The van der Waals surface area contributed by atoms with Gasteiger partial charge < -0.3 is 10.6 Å². The lowest BCUT2D eigenvalue weighted by Gasteiger charge is -2.35. The normalized spacial score (nSPS) is 21.9. The number of rotatable bonds is 5. The Balaban J connectivity index is 1.27. The van der Waals surface area contributed by atoms with Crippen molar-refractivity contribution in [2.24, 2.45) is 5.73 Å². The number of hydrogen-bond donors (Lipinski definition) is 1. The summed E-state index contributed by atoms with van der Waals surface area (Å²) in [6.07, 6.45) is 4.44. The number of amides is 1. The zero-order valence-electron chi connectivity index (χ0n) is 15.5. The average Bonchev–Trinajstić information content (AvgIpc) is 3.62. The summed E-state index contributed by atoms with van der Waals surface area (Å²) in [4.78, 5) is 16.6. The molecule has 6 heteroatoms. The third-order valence-electron chi connectivity index (χ3n) is 6.31. The minimum Gasteiger partial charge on any atom is -0.369 e. The number of nitrogens with zero attached hydrogens (tertiary/aromatic N) is 4. The quantitative estimate of drug-likeness (QED) is 0.879. The molecule has 1 aromatic carbocycles. The summed E-state index contributed by atoms with van der Waals surface area (Å²) in [5.74, 6) is 0.734. The molecule has 1 aromatic heterocycles. The van der Waals surface area contributed by atoms with E-state index in [1.807, 2.05) is 30.3 Å². The highest BCUT2D eigenvalue weighted by molar-refractivity contribution is 5.90. The van der Waals surface area contributed by atoms with Crippen LogP contribution in [0.4, 0.5) is 5.82 Å².